The smallest absolute Gasteiger partial charge is 0.330 e. The summed E-state index contributed by atoms with van der Waals surface area (Å²) < 4.78 is 4.72. The Bertz CT molecular complexity index is 229. The Morgan fingerprint density at radius 2 is 1.81 bits per heavy atom. The van der Waals surface area contributed by atoms with Gasteiger partial charge in [-0.3, -0.25) is 4.79 Å². The van der Waals surface area contributed by atoms with Crippen LogP contribution >= 0.6 is 0 Å². The molecule has 0 aliphatic rings. The fourth-order valence-corrected chi connectivity index (χ4v) is 0.839. The normalized spacial score (nSPS) is 9.44. The lowest BCUT2D eigenvalue weighted by Gasteiger charge is -2.20. The average molecular weight is 230 g/mol. The van der Waals surface area contributed by atoms with E-state index in [4.69, 9.17) is 4.74 Å². The lowest BCUT2D eigenvalue weighted by atomic mass is 9.84. The van der Waals surface area contributed by atoms with E-state index in [2.05, 4.69) is 6.58 Å². The molecule has 16 heavy (non-hydrogen) atoms. The van der Waals surface area contributed by atoms with Crippen molar-refractivity contribution in [2.45, 2.75) is 48.5 Å². The number of Topliss-reactive ketones (excluding diaryl/α,β-unsaturated/α-hetero) is 1. The first kappa shape index (κ1) is 20.3. The van der Waals surface area contributed by atoms with E-state index >= 15 is 0 Å². The van der Waals surface area contributed by atoms with Gasteiger partial charge in [-0.15, -0.1) is 0 Å². The summed E-state index contributed by atoms with van der Waals surface area (Å²) in [6, 6.07) is 0. The molecule has 0 unspecified atom stereocenters. The predicted octanol–water partition coefficient (Wildman–Crippen LogP) is 3.38. The molecule has 0 spiro atoms. The molecular formula is C13H26O3. The topological polar surface area (TPSA) is 43.4 Å². The van der Waals surface area contributed by atoms with Gasteiger partial charge in [0.25, 0.3) is 0 Å². The van der Waals surface area contributed by atoms with E-state index in [1.165, 1.54) is 0 Å². The average Bonchev–Trinajstić information content (AvgIpc) is 2.17. The van der Waals surface area contributed by atoms with Gasteiger partial charge in [0.1, 0.15) is 5.78 Å². The van der Waals surface area contributed by atoms with Crippen LogP contribution in [0.3, 0.4) is 0 Å². The summed E-state index contributed by atoms with van der Waals surface area (Å²) in [5, 5.41) is 0. The molecule has 0 radical (unpaired) electrons. The lowest BCUT2D eigenvalue weighted by molar-refractivity contribution is -0.139. The second-order valence-electron chi connectivity index (χ2n) is 3.78. The third-order valence-electron chi connectivity index (χ3n) is 2.38. The summed E-state index contributed by atoms with van der Waals surface area (Å²) >= 11 is 0. The largest absolute Gasteiger partial charge is 0.462 e. The number of carbonyl (C=O) groups is 2. The Kier molecular flexibility index (Phi) is 11.6. The molecular weight excluding hydrogens is 204 g/mol. The zero-order valence-corrected chi connectivity index (χ0v) is 9.13. The number of ketones is 1. The Morgan fingerprint density at radius 1 is 1.31 bits per heavy atom. The first-order valence-electron chi connectivity index (χ1n) is 4.76. The van der Waals surface area contributed by atoms with Crippen LogP contribution in [0.5, 0.6) is 0 Å². The quantitative estimate of drug-likeness (QED) is 0.519. The monoisotopic (exact) mass is 230 g/mol. The molecule has 0 aliphatic heterocycles. The molecule has 96 valence electrons. The Balaban J connectivity index is -0.000000845. The Morgan fingerprint density at radius 3 is 2.19 bits per heavy atom. The van der Waals surface area contributed by atoms with Crippen LogP contribution in [0, 0.1) is 5.41 Å². The fraction of sp³-hybridized carbons (Fsp3) is 0.692. The lowest BCUT2D eigenvalue weighted by Crippen LogP contribution is -2.24. The van der Waals surface area contributed by atoms with Crippen molar-refractivity contribution in [2.24, 2.45) is 5.41 Å². The second-order valence-corrected chi connectivity index (χ2v) is 3.78. The molecule has 0 aliphatic carbocycles. The van der Waals surface area contributed by atoms with Crippen LogP contribution in [0.4, 0.5) is 0 Å². The van der Waals surface area contributed by atoms with E-state index < -0.39 is 5.97 Å². The highest BCUT2D eigenvalue weighted by atomic mass is 16.5. The van der Waals surface area contributed by atoms with E-state index in [0.29, 0.717) is 0 Å². The highest BCUT2D eigenvalue weighted by molar-refractivity contribution is 5.85. The first-order valence-corrected chi connectivity index (χ1v) is 4.76. The van der Waals surface area contributed by atoms with Gasteiger partial charge in [-0.25, -0.2) is 4.79 Å². The second kappa shape index (κ2) is 9.13. The minimum absolute atomic E-state index is 0. The summed E-state index contributed by atoms with van der Waals surface area (Å²) in [7, 11) is 0. The van der Waals surface area contributed by atoms with Gasteiger partial charge in [0.15, 0.2) is 0 Å². The maximum atomic E-state index is 11.5. The molecule has 0 aromatic heterocycles. The zero-order valence-electron chi connectivity index (χ0n) is 9.13. The number of hydrogen-bond acceptors (Lipinski definition) is 3. The van der Waals surface area contributed by atoms with Crippen molar-refractivity contribution in [1.29, 1.82) is 0 Å². The number of carbonyl (C=O) groups excluding carboxylic acids is 2. The predicted molar refractivity (Wildman–Crippen MR) is 68.3 cm³/mol. The molecule has 3 heteroatoms. The molecule has 0 saturated heterocycles. The molecule has 0 heterocycles. The maximum absolute atomic E-state index is 11.5. The Labute approximate surface area is 99.9 Å². The minimum atomic E-state index is -0.480. The van der Waals surface area contributed by atoms with E-state index in [1.807, 2.05) is 20.8 Å². The maximum Gasteiger partial charge on any atom is 0.330 e. The van der Waals surface area contributed by atoms with Crippen LogP contribution in [-0.4, -0.2) is 18.4 Å². The van der Waals surface area contributed by atoms with Crippen molar-refractivity contribution in [3.8, 4) is 0 Å². The standard InChI is InChI=1S/C11H18O3.2CH4/c1-5-10(13)14-8-7-9(12)11(3,4)6-2;;/h5H,1,6-8H2,2-4H3;2*1H4. The minimum Gasteiger partial charge on any atom is -0.462 e. The molecule has 0 bridgehead atoms. The highest BCUT2D eigenvalue weighted by Gasteiger charge is 2.24. The molecule has 0 atom stereocenters. The Hall–Kier alpha value is -1.12. The van der Waals surface area contributed by atoms with Crippen LogP contribution in [0.1, 0.15) is 48.5 Å². The summed E-state index contributed by atoms with van der Waals surface area (Å²) in [5.74, 6) is -0.357. The van der Waals surface area contributed by atoms with Crippen molar-refractivity contribution in [3.63, 3.8) is 0 Å². The van der Waals surface area contributed by atoms with Crippen molar-refractivity contribution in [1.82, 2.24) is 0 Å². The van der Waals surface area contributed by atoms with Gasteiger partial charge in [0.05, 0.1) is 6.61 Å². The molecule has 0 aromatic rings. The molecule has 0 rings (SSSR count). The summed E-state index contributed by atoms with van der Waals surface area (Å²) in [6.07, 6.45) is 2.16. The van der Waals surface area contributed by atoms with E-state index in [0.717, 1.165) is 12.5 Å². The van der Waals surface area contributed by atoms with Gasteiger partial charge in [0.2, 0.25) is 0 Å². The molecule has 0 fully saturated rings. The summed E-state index contributed by atoms with van der Waals surface area (Å²) in [6.45, 7) is 9.16. The van der Waals surface area contributed by atoms with Gasteiger partial charge in [0, 0.05) is 17.9 Å². The molecule has 0 saturated carbocycles. The van der Waals surface area contributed by atoms with Crippen LogP contribution in [-0.2, 0) is 14.3 Å². The van der Waals surface area contributed by atoms with E-state index in [9.17, 15) is 9.59 Å². The van der Waals surface area contributed by atoms with Crippen LogP contribution in [0.2, 0.25) is 0 Å². The van der Waals surface area contributed by atoms with Gasteiger partial charge < -0.3 is 4.74 Å². The number of ether oxygens (including phenoxy) is 1. The summed E-state index contributed by atoms with van der Waals surface area (Å²) in [5.41, 5.74) is -0.319. The number of rotatable bonds is 6. The van der Waals surface area contributed by atoms with Crippen LogP contribution in [0.15, 0.2) is 12.7 Å². The van der Waals surface area contributed by atoms with Gasteiger partial charge in [-0.1, -0.05) is 42.2 Å². The van der Waals surface area contributed by atoms with Crippen molar-refractivity contribution >= 4 is 11.8 Å². The summed E-state index contributed by atoms with van der Waals surface area (Å²) in [4.78, 5) is 22.2. The molecule has 3 nitrogen and oxygen atoms in total. The fourth-order valence-electron chi connectivity index (χ4n) is 0.839. The first-order chi connectivity index (χ1) is 6.44. The molecule has 0 aromatic carbocycles. The number of hydrogen-bond donors (Lipinski definition) is 0. The highest BCUT2D eigenvalue weighted by Crippen LogP contribution is 2.22. The molecule has 0 N–H and O–H groups in total. The van der Waals surface area contributed by atoms with E-state index in [1.54, 1.807) is 0 Å². The van der Waals surface area contributed by atoms with E-state index in [-0.39, 0.29) is 39.1 Å². The van der Waals surface area contributed by atoms with Crippen LogP contribution in [0.25, 0.3) is 0 Å². The molecule has 0 amide bonds. The third kappa shape index (κ3) is 7.21. The van der Waals surface area contributed by atoms with Gasteiger partial charge in [-0.2, -0.15) is 0 Å². The third-order valence-corrected chi connectivity index (χ3v) is 2.38. The SMILES string of the molecule is C.C.C=CC(=O)OCCC(=O)C(C)(C)CC. The van der Waals surface area contributed by atoms with Gasteiger partial charge in [-0.05, 0) is 6.42 Å². The zero-order chi connectivity index (χ0) is 11.2. The number of esters is 1. The van der Waals surface area contributed by atoms with Crippen molar-refractivity contribution < 1.29 is 14.3 Å². The van der Waals surface area contributed by atoms with Crippen molar-refractivity contribution in [2.75, 3.05) is 6.61 Å². The van der Waals surface area contributed by atoms with Crippen molar-refractivity contribution in [3.05, 3.63) is 12.7 Å². The van der Waals surface area contributed by atoms with Crippen LogP contribution < -0.4 is 0 Å². The van der Waals surface area contributed by atoms with Gasteiger partial charge >= 0.3 is 5.97 Å².